The third-order valence-electron chi connectivity index (χ3n) is 2.57. The molecule has 0 atom stereocenters. The molecule has 0 aromatic carbocycles. The Bertz CT molecular complexity index is 168. The molecule has 2 saturated heterocycles. The summed E-state index contributed by atoms with van der Waals surface area (Å²) in [6.07, 6.45) is 1.94. The zero-order chi connectivity index (χ0) is 7.19. The van der Waals surface area contributed by atoms with Gasteiger partial charge < -0.3 is 5.32 Å². The predicted octanol–water partition coefficient (Wildman–Crippen LogP) is -1.27. The van der Waals surface area contributed by atoms with Gasteiger partial charge in [0.25, 0.3) is 5.91 Å². The Labute approximate surface area is 59.1 Å². The van der Waals surface area contributed by atoms with Crippen LogP contribution in [-0.2, 0) is 4.79 Å². The van der Waals surface area contributed by atoms with E-state index in [1.165, 1.54) is 0 Å². The van der Waals surface area contributed by atoms with E-state index < -0.39 is 0 Å². The number of rotatable bonds is 1. The van der Waals surface area contributed by atoms with Crippen LogP contribution in [0.25, 0.3) is 0 Å². The van der Waals surface area contributed by atoms with Crippen LogP contribution in [-0.4, -0.2) is 18.0 Å². The standard InChI is InChI=1S/C6H11N3O/c7-9-5(10)6-1-4(2-6)3-8-6/h4,8H,1-3,7H2,(H,9,10). The fraction of sp³-hybridized carbons (Fsp3) is 0.833. The van der Waals surface area contributed by atoms with Crippen LogP contribution in [0.3, 0.4) is 0 Å². The van der Waals surface area contributed by atoms with Crippen molar-refractivity contribution in [3.63, 3.8) is 0 Å². The number of carbonyl (C=O) groups excluding carboxylic acids is 1. The largest absolute Gasteiger partial charge is 0.303 e. The first-order valence-electron chi connectivity index (χ1n) is 3.53. The molecule has 1 saturated carbocycles. The third kappa shape index (κ3) is 0.552. The van der Waals surface area contributed by atoms with Gasteiger partial charge >= 0.3 is 0 Å². The highest BCUT2D eigenvalue weighted by molar-refractivity contribution is 5.87. The molecule has 4 nitrogen and oxygen atoms in total. The van der Waals surface area contributed by atoms with Crippen molar-refractivity contribution < 1.29 is 4.79 Å². The second-order valence-electron chi connectivity index (χ2n) is 3.21. The number of hydrogen-bond acceptors (Lipinski definition) is 3. The number of nitrogens with one attached hydrogen (secondary N) is 2. The number of hydrazine groups is 1. The first-order valence-corrected chi connectivity index (χ1v) is 3.53. The molecule has 10 heavy (non-hydrogen) atoms. The molecule has 0 aromatic rings. The molecule has 3 fully saturated rings. The summed E-state index contributed by atoms with van der Waals surface area (Å²) >= 11 is 0. The average Bonchev–Trinajstić information content (AvgIpc) is 2.41. The molecule has 0 unspecified atom stereocenters. The van der Waals surface area contributed by atoms with Gasteiger partial charge in [0.05, 0.1) is 5.54 Å². The summed E-state index contributed by atoms with van der Waals surface area (Å²) in [7, 11) is 0. The van der Waals surface area contributed by atoms with E-state index in [1.807, 2.05) is 0 Å². The van der Waals surface area contributed by atoms with Gasteiger partial charge in [-0.1, -0.05) is 0 Å². The van der Waals surface area contributed by atoms with Gasteiger partial charge in [-0.15, -0.1) is 0 Å². The molecule has 0 radical (unpaired) electrons. The molecular formula is C6H11N3O. The van der Waals surface area contributed by atoms with Crippen LogP contribution in [0.2, 0.25) is 0 Å². The quantitative estimate of drug-likeness (QED) is 0.242. The highest BCUT2D eigenvalue weighted by Crippen LogP contribution is 2.43. The zero-order valence-electron chi connectivity index (χ0n) is 5.68. The van der Waals surface area contributed by atoms with Crippen LogP contribution < -0.4 is 16.6 Å². The molecule has 2 aliphatic heterocycles. The number of amides is 1. The lowest BCUT2D eigenvalue weighted by atomic mass is 9.73. The smallest absolute Gasteiger partial charge is 0.254 e. The summed E-state index contributed by atoms with van der Waals surface area (Å²) in [4.78, 5) is 11.1. The summed E-state index contributed by atoms with van der Waals surface area (Å²) in [5.74, 6) is 5.69. The van der Waals surface area contributed by atoms with E-state index in [-0.39, 0.29) is 11.4 Å². The van der Waals surface area contributed by atoms with E-state index in [0.717, 1.165) is 25.3 Å². The minimum atomic E-state index is -0.278. The second-order valence-corrected chi connectivity index (χ2v) is 3.21. The topological polar surface area (TPSA) is 67.1 Å². The Morgan fingerprint density at radius 3 is 2.80 bits per heavy atom. The SMILES string of the molecule is NNC(=O)C12CC(CN1)C2. The van der Waals surface area contributed by atoms with Crippen molar-refractivity contribution >= 4 is 5.91 Å². The molecule has 56 valence electrons. The average molecular weight is 141 g/mol. The Morgan fingerprint density at radius 2 is 2.40 bits per heavy atom. The van der Waals surface area contributed by atoms with Gasteiger partial charge in [0, 0.05) is 0 Å². The fourth-order valence-corrected chi connectivity index (χ4v) is 1.96. The number of nitrogens with two attached hydrogens (primary N) is 1. The molecule has 4 heteroatoms. The van der Waals surface area contributed by atoms with Crippen LogP contribution in [0.5, 0.6) is 0 Å². The number of fused-ring (bicyclic) bond motifs is 1. The zero-order valence-corrected chi connectivity index (χ0v) is 5.68. The van der Waals surface area contributed by atoms with Crippen molar-refractivity contribution in [2.45, 2.75) is 18.4 Å². The predicted molar refractivity (Wildman–Crippen MR) is 35.8 cm³/mol. The van der Waals surface area contributed by atoms with Crippen molar-refractivity contribution in [1.29, 1.82) is 0 Å². The summed E-state index contributed by atoms with van der Waals surface area (Å²) < 4.78 is 0. The van der Waals surface area contributed by atoms with Gasteiger partial charge in [-0.25, -0.2) is 5.84 Å². The summed E-state index contributed by atoms with van der Waals surface area (Å²) in [6.45, 7) is 0.980. The van der Waals surface area contributed by atoms with E-state index in [9.17, 15) is 4.79 Å². The Balaban J connectivity index is 2.10. The Morgan fingerprint density at radius 1 is 1.70 bits per heavy atom. The van der Waals surface area contributed by atoms with Crippen molar-refractivity contribution in [2.75, 3.05) is 6.54 Å². The Hall–Kier alpha value is -0.610. The van der Waals surface area contributed by atoms with Gasteiger partial charge in [0.2, 0.25) is 0 Å². The van der Waals surface area contributed by atoms with Crippen LogP contribution in [0.4, 0.5) is 0 Å². The maximum atomic E-state index is 11.1. The van der Waals surface area contributed by atoms with Crippen molar-refractivity contribution in [2.24, 2.45) is 11.8 Å². The molecular weight excluding hydrogens is 130 g/mol. The lowest BCUT2D eigenvalue weighted by Gasteiger charge is -2.34. The van der Waals surface area contributed by atoms with E-state index in [0.29, 0.717) is 0 Å². The normalized spacial score (nSPS) is 42.7. The van der Waals surface area contributed by atoms with E-state index in [2.05, 4.69) is 10.7 Å². The number of carbonyl (C=O) groups is 1. The van der Waals surface area contributed by atoms with Gasteiger partial charge in [-0.2, -0.15) is 0 Å². The monoisotopic (exact) mass is 141 g/mol. The lowest BCUT2D eigenvalue weighted by molar-refractivity contribution is -0.129. The van der Waals surface area contributed by atoms with E-state index >= 15 is 0 Å². The van der Waals surface area contributed by atoms with Gasteiger partial charge in [0.15, 0.2) is 0 Å². The van der Waals surface area contributed by atoms with Crippen LogP contribution in [0.15, 0.2) is 0 Å². The summed E-state index contributed by atoms with van der Waals surface area (Å²) in [5.41, 5.74) is 1.91. The van der Waals surface area contributed by atoms with Gasteiger partial charge in [0.1, 0.15) is 0 Å². The van der Waals surface area contributed by atoms with E-state index in [1.54, 1.807) is 0 Å². The van der Waals surface area contributed by atoms with Gasteiger partial charge in [-0.05, 0) is 25.3 Å². The van der Waals surface area contributed by atoms with Crippen LogP contribution in [0, 0.1) is 5.92 Å². The molecule has 2 heterocycles. The Kier molecular flexibility index (Phi) is 1.04. The molecule has 0 aromatic heterocycles. The van der Waals surface area contributed by atoms with Crippen LogP contribution in [0.1, 0.15) is 12.8 Å². The maximum absolute atomic E-state index is 11.1. The molecule has 1 amide bonds. The molecule has 3 rings (SSSR count). The maximum Gasteiger partial charge on any atom is 0.254 e. The molecule has 2 bridgehead atoms. The van der Waals surface area contributed by atoms with Crippen molar-refractivity contribution in [3.05, 3.63) is 0 Å². The lowest BCUT2D eigenvalue weighted by Crippen LogP contribution is -2.57. The molecule has 4 N–H and O–H groups in total. The van der Waals surface area contributed by atoms with Gasteiger partial charge in [-0.3, -0.25) is 10.2 Å². The first-order chi connectivity index (χ1) is 4.77. The second kappa shape index (κ2) is 1.71. The molecule has 1 aliphatic carbocycles. The van der Waals surface area contributed by atoms with Crippen molar-refractivity contribution in [3.8, 4) is 0 Å². The molecule has 3 aliphatic rings. The summed E-state index contributed by atoms with van der Waals surface area (Å²) in [5, 5.41) is 3.17. The fourth-order valence-electron chi connectivity index (χ4n) is 1.96. The van der Waals surface area contributed by atoms with Crippen molar-refractivity contribution in [1.82, 2.24) is 10.7 Å². The number of hydrogen-bond donors (Lipinski definition) is 3. The molecule has 0 spiro atoms. The van der Waals surface area contributed by atoms with Crippen LogP contribution >= 0.6 is 0 Å². The minimum Gasteiger partial charge on any atom is -0.303 e. The first kappa shape index (κ1) is 6.12. The third-order valence-corrected chi connectivity index (χ3v) is 2.57. The summed E-state index contributed by atoms with van der Waals surface area (Å²) in [6, 6.07) is 0. The van der Waals surface area contributed by atoms with E-state index in [4.69, 9.17) is 5.84 Å². The highest BCUT2D eigenvalue weighted by atomic mass is 16.2. The highest BCUT2D eigenvalue weighted by Gasteiger charge is 2.55. The minimum absolute atomic E-state index is 0.0544.